The lowest BCUT2D eigenvalue weighted by molar-refractivity contribution is -0.138. The van der Waals surface area contributed by atoms with Crippen LogP contribution in [0.2, 0.25) is 0 Å². The molecule has 0 radical (unpaired) electrons. The smallest absolute Gasteiger partial charge is 0.324 e. The van der Waals surface area contributed by atoms with Crippen molar-refractivity contribution < 1.29 is 18.0 Å². The van der Waals surface area contributed by atoms with Crippen molar-refractivity contribution in [1.82, 2.24) is 0 Å². The number of halogens is 4. The van der Waals surface area contributed by atoms with Gasteiger partial charge in [-0.15, -0.1) is 12.4 Å². The summed E-state index contributed by atoms with van der Waals surface area (Å²) in [6.45, 7) is 1.38. The molecule has 3 nitrogen and oxygen atoms in total. The Balaban J connectivity index is 0.00000220. The zero-order valence-corrected chi connectivity index (χ0v) is 12.4. The number of hydrogen-bond donors (Lipinski definition) is 2. The zero-order valence-electron chi connectivity index (χ0n) is 11.6. The number of carbonyl (C=O) groups is 1. The molecule has 0 unspecified atom stereocenters. The normalized spacial score (nSPS) is 17.2. The van der Waals surface area contributed by atoms with Gasteiger partial charge in [-0.05, 0) is 37.5 Å². The summed E-state index contributed by atoms with van der Waals surface area (Å²) in [5, 5.41) is 2.50. The summed E-state index contributed by atoms with van der Waals surface area (Å²) in [5.74, 6) is -0.410. The van der Waals surface area contributed by atoms with Crippen LogP contribution in [-0.2, 0) is 11.0 Å². The van der Waals surface area contributed by atoms with Gasteiger partial charge in [-0.1, -0.05) is 18.9 Å². The third-order valence-electron chi connectivity index (χ3n) is 3.75. The lowest BCUT2D eigenvalue weighted by Crippen LogP contribution is -2.48. The van der Waals surface area contributed by atoms with E-state index in [0.29, 0.717) is 12.8 Å². The fourth-order valence-corrected chi connectivity index (χ4v) is 2.49. The van der Waals surface area contributed by atoms with E-state index in [1.807, 2.05) is 0 Å². The number of amides is 1. The van der Waals surface area contributed by atoms with E-state index < -0.39 is 23.2 Å². The summed E-state index contributed by atoms with van der Waals surface area (Å²) < 4.78 is 38.4. The Morgan fingerprint density at radius 2 is 1.86 bits per heavy atom. The molecule has 3 N–H and O–H groups in total. The third kappa shape index (κ3) is 3.89. The molecule has 1 fully saturated rings. The predicted molar refractivity (Wildman–Crippen MR) is 77.4 cm³/mol. The van der Waals surface area contributed by atoms with Crippen LogP contribution >= 0.6 is 12.4 Å². The first-order valence-corrected chi connectivity index (χ1v) is 6.50. The molecule has 2 rings (SSSR count). The Kier molecular flexibility index (Phi) is 5.28. The first kappa shape index (κ1) is 17.8. The van der Waals surface area contributed by atoms with E-state index in [4.69, 9.17) is 5.73 Å². The van der Waals surface area contributed by atoms with Gasteiger partial charge < -0.3 is 11.1 Å². The quantitative estimate of drug-likeness (QED) is 0.873. The molecule has 0 saturated heterocycles. The Morgan fingerprint density at radius 1 is 1.29 bits per heavy atom. The second kappa shape index (κ2) is 6.23. The van der Waals surface area contributed by atoms with Crippen LogP contribution in [0.3, 0.4) is 0 Å². The highest BCUT2D eigenvalue weighted by molar-refractivity contribution is 5.98. The molecule has 0 spiro atoms. The van der Waals surface area contributed by atoms with Crippen molar-refractivity contribution in [3.63, 3.8) is 0 Å². The lowest BCUT2D eigenvalue weighted by Gasteiger charge is -2.22. The van der Waals surface area contributed by atoms with Gasteiger partial charge in [-0.2, -0.15) is 13.2 Å². The van der Waals surface area contributed by atoms with Crippen molar-refractivity contribution in [2.75, 3.05) is 5.32 Å². The van der Waals surface area contributed by atoms with E-state index in [0.717, 1.165) is 18.9 Å². The number of carbonyl (C=O) groups excluding carboxylic acids is 1. The summed E-state index contributed by atoms with van der Waals surface area (Å²) in [4.78, 5) is 12.1. The second-order valence-corrected chi connectivity index (χ2v) is 5.34. The van der Waals surface area contributed by atoms with Crippen molar-refractivity contribution in [1.29, 1.82) is 0 Å². The first-order valence-electron chi connectivity index (χ1n) is 6.50. The van der Waals surface area contributed by atoms with Gasteiger partial charge in [0.15, 0.2) is 0 Å². The molecule has 0 aromatic heterocycles. The van der Waals surface area contributed by atoms with Gasteiger partial charge in [0.1, 0.15) is 0 Å². The van der Waals surface area contributed by atoms with Crippen LogP contribution in [0, 0.1) is 6.92 Å². The van der Waals surface area contributed by atoms with E-state index in [-0.39, 0.29) is 23.7 Å². The maximum absolute atomic E-state index is 12.8. The Labute approximate surface area is 127 Å². The van der Waals surface area contributed by atoms with Gasteiger partial charge in [0, 0.05) is 5.69 Å². The van der Waals surface area contributed by atoms with Crippen LogP contribution in [0.5, 0.6) is 0 Å². The summed E-state index contributed by atoms with van der Waals surface area (Å²) in [6.07, 6.45) is -1.57. The van der Waals surface area contributed by atoms with Gasteiger partial charge >= 0.3 is 6.18 Å². The van der Waals surface area contributed by atoms with Crippen molar-refractivity contribution in [3.05, 3.63) is 29.3 Å². The molecule has 21 heavy (non-hydrogen) atoms. The Hall–Kier alpha value is -1.27. The summed E-state index contributed by atoms with van der Waals surface area (Å²) in [5.41, 5.74) is 4.53. The minimum absolute atomic E-state index is 0. The average molecular weight is 323 g/mol. The van der Waals surface area contributed by atoms with Crippen LogP contribution in [-0.4, -0.2) is 11.4 Å². The molecule has 0 atom stereocenters. The minimum Gasteiger partial charge on any atom is -0.324 e. The Morgan fingerprint density at radius 3 is 2.38 bits per heavy atom. The SMILES string of the molecule is Cc1ccc(NC(=O)C2(N)CCCC2)cc1C(F)(F)F.Cl. The molecule has 1 amide bonds. The molecule has 1 aromatic rings. The van der Waals surface area contributed by atoms with Gasteiger partial charge in [-0.25, -0.2) is 0 Å². The lowest BCUT2D eigenvalue weighted by atomic mass is 9.98. The molecule has 1 saturated carbocycles. The topological polar surface area (TPSA) is 55.1 Å². The number of hydrogen-bond acceptors (Lipinski definition) is 2. The molecule has 1 aromatic carbocycles. The highest BCUT2D eigenvalue weighted by Crippen LogP contribution is 2.34. The molecule has 118 valence electrons. The number of nitrogens with one attached hydrogen (secondary N) is 1. The van der Waals surface area contributed by atoms with Crippen molar-refractivity contribution in [3.8, 4) is 0 Å². The third-order valence-corrected chi connectivity index (χ3v) is 3.75. The van der Waals surface area contributed by atoms with Crippen LogP contribution < -0.4 is 11.1 Å². The van der Waals surface area contributed by atoms with Crippen molar-refractivity contribution in [2.45, 2.75) is 44.3 Å². The maximum Gasteiger partial charge on any atom is 0.416 e. The number of anilines is 1. The number of benzene rings is 1. The maximum atomic E-state index is 12.8. The second-order valence-electron chi connectivity index (χ2n) is 5.34. The minimum atomic E-state index is -4.43. The van der Waals surface area contributed by atoms with E-state index in [1.165, 1.54) is 19.1 Å². The molecule has 0 aliphatic heterocycles. The predicted octanol–water partition coefficient (Wildman–Crippen LogP) is 3.65. The van der Waals surface area contributed by atoms with E-state index in [1.54, 1.807) is 0 Å². The number of nitrogens with two attached hydrogens (primary N) is 1. The highest BCUT2D eigenvalue weighted by atomic mass is 35.5. The van der Waals surface area contributed by atoms with Gasteiger partial charge in [-0.3, -0.25) is 4.79 Å². The van der Waals surface area contributed by atoms with Gasteiger partial charge in [0.2, 0.25) is 5.91 Å². The molecular weight excluding hydrogens is 305 g/mol. The van der Waals surface area contributed by atoms with Crippen LogP contribution in [0.4, 0.5) is 18.9 Å². The number of alkyl halides is 3. The van der Waals surface area contributed by atoms with Crippen LogP contribution in [0.1, 0.15) is 36.8 Å². The zero-order chi connectivity index (χ0) is 15.0. The van der Waals surface area contributed by atoms with E-state index in [2.05, 4.69) is 5.32 Å². The first-order chi connectivity index (χ1) is 9.22. The van der Waals surface area contributed by atoms with Crippen LogP contribution in [0.15, 0.2) is 18.2 Å². The van der Waals surface area contributed by atoms with Crippen molar-refractivity contribution >= 4 is 24.0 Å². The van der Waals surface area contributed by atoms with Crippen LogP contribution in [0.25, 0.3) is 0 Å². The molecule has 0 heterocycles. The summed E-state index contributed by atoms with van der Waals surface area (Å²) in [6, 6.07) is 3.75. The monoisotopic (exact) mass is 322 g/mol. The molecule has 1 aliphatic rings. The standard InChI is InChI=1S/C14H17F3N2O.ClH/c1-9-4-5-10(8-11(9)14(15,16)17)19-12(20)13(18)6-2-3-7-13;/h4-5,8H,2-3,6-7,18H2,1H3,(H,19,20);1H. The molecule has 0 bridgehead atoms. The number of aryl methyl sites for hydroxylation is 1. The van der Waals surface area contributed by atoms with Crippen molar-refractivity contribution in [2.24, 2.45) is 5.73 Å². The molecule has 1 aliphatic carbocycles. The Bertz CT molecular complexity index is 525. The van der Waals surface area contributed by atoms with E-state index in [9.17, 15) is 18.0 Å². The molecule has 7 heteroatoms. The number of rotatable bonds is 2. The van der Waals surface area contributed by atoms with Gasteiger partial charge in [0.05, 0.1) is 11.1 Å². The largest absolute Gasteiger partial charge is 0.416 e. The highest BCUT2D eigenvalue weighted by Gasteiger charge is 2.37. The fraction of sp³-hybridized carbons (Fsp3) is 0.500. The van der Waals surface area contributed by atoms with Gasteiger partial charge in [0.25, 0.3) is 0 Å². The van der Waals surface area contributed by atoms with E-state index >= 15 is 0 Å². The fourth-order valence-electron chi connectivity index (χ4n) is 2.49. The average Bonchev–Trinajstić information content (AvgIpc) is 2.78. The summed E-state index contributed by atoms with van der Waals surface area (Å²) >= 11 is 0. The summed E-state index contributed by atoms with van der Waals surface area (Å²) in [7, 11) is 0. The molecular formula is C14H18ClF3N2O.